The predicted molar refractivity (Wildman–Crippen MR) is 88.0 cm³/mol. The van der Waals surface area contributed by atoms with Gasteiger partial charge in [0.25, 0.3) is 0 Å². The van der Waals surface area contributed by atoms with Crippen molar-refractivity contribution < 1.29 is 9.53 Å². The van der Waals surface area contributed by atoms with Crippen molar-refractivity contribution in [2.45, 2.75) is 27.3 Å². The maximum absolute atomic E-state index is 11.8. The Kier molecular flexibility index (Phi) is 5.27. The molecule has 0 fully saturated rings. The van der Waals surface area contributed by atoms with Gasteiger partial charge in [0.05, 0.1) is 30.1 Å². The first-order valence-corrected chi connectivity index (χ1v) is 7.76. The van der Waals surface area contributed by atoms with Gasteiger partial charge in [-0.25, -0.2) is 4.98 Å². The zero-order valence-electron chi connectivity index (χ0n) is 13.1. The van der Waals surface area contributed by atoms with Gasteiger partial charge in [0, 0.05) is 28.8 Å². The summed E-state index contributed by atoms with van der Waals surface area (Å²) in [5, 5.41) is 5.71. The normalized spacial score (nSPS) is 10.9. The zero-order valence-corrected chi connectivity index (χ0v) is 14.0. The number of nitrogens with zero attached hydrogens (tertiary/aromatic N) is 2. The van der Waals surface area contributed by atoms with E-state index in [1.54, 1.807) is 30.7 Å². The van der Waals surface area contributed by atoms with E-state index in [9.17, 15) is 4.79 Å². The van der Waals surface area contributed by atoms with Gasteiger partial charge in [0.15, 0.2) is 0 Å². The largest absolute Gasteiger partial charge is 0.496 e. The third-order valence-electron chi connectivity index (χ3n) is 3.22. The third-order valence-corrected chi connectivity index (χ3v) is 4.01. The first-order chi connectivity index (χ1) is 10.5. The topological polar surface area (TPSA) is 64.1 Å². The maximum atomic E-state index is 11.8. The Hall–Kier alpha value is -2.21. The molecule has 0 unspecified atom stereocenters. The summed E-state index contributed by atoms with van der Waals surface area (Å²) in [7, 11) is 1.64. The van der Waals surface area contributed by atoms with E-state index in [1.165, 1.54) is 6.08 Å². The second-order valence-electron chi connectivity index (χ2n) is 4.89. The average molecular weight is 317 g/mol. The van der Waals surface area contributed by atoms with Crippen LogP contribution < -0.4 is 10.1 Å². The highest BCUT2D eigenvalue weighted by Crippen LogP contribution is 2.23. The molecule has 0 aliphatic rings. The zero-order chi connectivity index (χ0) is 16.1. The molecule has 0 aliphatic carbocycles. The standard InChI is InChI=1S/C16H19N3O2S/c1-10-7-17-14(11(2)16(10)21-4)8-18-15(20)6-5-13-9-22-12(3)19-13/h5-7,9H,8H2,1-4H3,(H,18,20)/b6-5+. The van der Waals surface area contributed by atoms with Crippen LogP contribution in [0.15, 0.2) is 17.7 Å². The van der Waals surface area contributed by atoms with Crippen LogP contribution in [0.5, 0.6) is 5.75 Å². The van der Waals surface area contributed by atoms with Crippen LogP contribution in [-0.2, 0) is 11.3 Å². The summed E-state index contributed by atoms with van der Waals surface area (Å²) in [6.07, 6.45) is 4.94. The van der Waals surface area contributed by atoms with Crippen molar-refractivity contribution in [1.29, 1.82) is 0 Å². The molecule has 0 radical (unpaired) electrons. The minimum absolute atomic E-state index is 0.175. The molecule has 1 amide bonds. The van der Waals surface area contributed by atoms with Crippen molar-refractivity contribution >= 4 is 23.3 Å². The minimum atomic E-state index is -0.175. The summed E-state index contributed by atoms with van der Waals surface area (Å²) in [5.41, 5.74) is 3.52. The lowest BCUT2D eigenvalue weighted by molar-refractivity contribution is -0.116. The highest BCUT2D eigenvalue weighted by molar-refractivity contribution is 7.09. The first-order valence-electron chi connectivity index (χ1n) is 6.88. The summed E-state index contributed by atoms with van der Waals surface area (Å²) in [6, 6.07) is 0. The molecule has 0 spiro atoms. The van der Waals surface area contributed by atoms with Gasteiger partial charge in [0.2, 0.25) is 5.91 Å². The Morgan fingerprint density at radius 1 is 1.41 bits per heavy atom. The molecule has 2 rings (SSSR count). The van der Waals surface area contributed by atoms with Crippen LogP contribution in [0.25, 0.3) is 6.08 Å². The second-order valence-corrected chi connectivity index (χ2v) is 5.95. The molecule has 0 saturated carbocycles. The lowest BCUT2D eigenvalue weighted by Crippen LogP contribution is -2.21. The fraction of sp³-hybridized carbons (Fsp3) is 0.312. The van der Waals surface area contributed by atoms with Crippen molar-refractivity contribution in [3.63, 3.8) is 0 Å². The van der Waals surface area contributed by atoms with Crippen LogP contribution in [-0.4, -0.2) is 23.0 Å². The third kappa shape index (κ3) is 3.92. The van der Waals surface area contributed by atoms with Gasteiger partial charge in [-0.1, -0.05) is 0 Å². The number of aryl methyl sites for hydroxylation is 2. The number of pyridine rings is 1. The van der Waals surface area contributed by atoms with Crippen molar-refractivity contribution in [2.24, 2.45) is 0 Å². The first kappa shape index (κ1) is 16.2. The SMILES string of the molecule is COc1c(C)cnc(CNC(=O)/C=C/c2csc(C)n2)c1C. The molecule has 2 aromatic heterocycles. The molecule has 6 heteroatoms. The molecule has 116 valence electrons. The Morgan fingerprint density at radius 3 is 2.82 bits per heavy atom. The summed E-state index contributed by atoms with van der Waals surface area (Å²) in [5.74, 6) is 0.638. The lowest BCUT2D eigenvalue weighted by Gasteiger charge is -2.12. The van der Waals surface area contributed by atoms with Crippen LogP contribution in [0, 0.1) is 20.8 Å². The highest BCUT2D eigenvalue weighted by Gasteiger charge is 2.09. The molecule has 5 nitrogen and oxygen atoms in total. The fourth-order valence-corrected chi connectivity index (χ4v) is 2.68. The number of carbonyl (C=O) groups is 1. The number of aromatic nitrogens is 2. The Morgan fingerprint density at radius 2 is 2.18 bits per heavy atom. The lowest BCUT2D eigenvalue weighted by atomic mass is 10.1. The quantitative estimate of drug-likeness (QED) is 0.861. The average Bonchev–Trinajstić information content (AvgIpc) is 2.90. The van der Waals surface area contributed by atoms with E-state index in [2.05, 4.69) is 15.3 Å². The maximum Gasteiger partial charge on any atom is 0.244 e. The Balaban J connectivity index is 1.98. The number of methoxy groups -OCH3 is 1. The van der Waals surface area contributed by atoms with Crippen molar-refractivity contribution in [1.82, 2.24) is 15.3 Å². The highest BCUT2D eigenvalue weighted by atomic mass is 32.1. The summed E-state index contributed by atoms with van der Waals surface area (Å²) in [4.78, 5) is 20.5. The van der Waals surface area contributed by atoms with Gasteiger partial charge < -0.3 is 10.1 Å². The minimum Gasteiger partial charge on any atom is -0.496 e. The molecular formula is C16H19N3O2S. The molecule has 0 aliphatic heterocycles. The van der Waals surface area contributed by atoms with Gasteiger partial charge in [-0.15, -0.1) is 11.3 Å². The molecule has 0 bridgehead atoms. The van der Waals surface area contributed by atoms with E-state index in [0.29, 0.717) is 6.54 Å². The van der Waals surface area contributed by atoms with Gasteiger partial charge >= 0.3 is 0 Å². The van der Waals surface area contributed by atoms with Crippen LogP contribution in [0.3, 0.4) is 0 Å². The van der Waals surface area contributed by atoms with Gasteiger partial charge in [-0.05, 0) is 26.8 Å². The predicted octanol–water partition coefficient (Wildman–Crippen LogP) is 2.80. The smallest absolute Gasteiger partial charge is 0.244 e. The van der Waals surface area contributed by atoms with Crippen LogP contribution in [0.4, 0.5) is 0 Å². The van der Waals surface area contributed by atoms with Crippen molar-refractivity contribution in [2.75, 3.05) is 7.11 Å². The summed E-state index contributed by atoms with van der Waals surface area (Å²) in [6.45, 7) is 6.18. The molecular weight excluding hydrogens is 298 g/mol. The monoisotopic (exact) mass is 317 g/mol. The van der Waals surface area contributed by atoms with E-state index in [4.69, 9.17) is 4.74 Å². The molecule has 0 aromatic carbocycles. The summed E-state index contributed by atoms with van der Waals surface area (Å²) >= 11 is 1.56. The number of carbonyl (C=O) groups excluding carboxylic acids is 1. The fourth-order valence-electron chi connectivity index (χ4n) is 2.10. The van der Waals surface area contributed by atoms with Crippen molar-refractivity contribution in [3.8, 4) is 5.75 Å². The molecule has 22 heavy (non-hydrogen) atoms. The number of hydrogen-bond donors (Lipinski definition) is 1. The Bertz CT molecular complexity index is 707. The van der Waals surface area contributed by atoms with E-state index < -0.39 is 0 Å². The van der Waals surface area contributed by atoms with Gasteiger partial charge in [0.1, 0.15) is 5.75 Å². The molecule has 2 aromatic rings. The van der Waals surface area contributed by atoms with Crippen molar-refractivity contribution in [3.05, 3.63) is 45.2 Å². The number of nitrogens with one attached hydrogen (secondary N) is 1. The number of hydrogen-bond acceptors (Lipinski definition) is 5. The Labute approximate surface area is 134 Å². The number of rotatable bonds is 5. The van der Waals surface area contributed by atoms with Crippen LogP contribution in [0.2, 0.25) is 0 Å². The van der Waals surface area contributed by atoms with Crippen LogP contribution in [0.1, 0.15) is 27.5 Å². The van der Waals surface area contributed by atoms with Gasteiger partial charge in [-0.3, -0.25) is 9.78 Å². The van der Waals surface area contributed by atoms with E-state index in [-0.39, 0.29) is 5.91 Å². The number of thiazole rings is 1. The number of amides is 1. The molecule has 0 atom stereocenters. The van der Waals surface area contributed by atoms with E-state index in [0.717, 1.165) is 33.3 Å². The van der Waals surface area contributed by atoms with Crippen LogP contribution >= 0.6 is 11.3 Å². The molecule has 2 heterocycles. The van der Waals surface area contributed by atoms with Gasteiger partial charge in [-0.2, -0.15) is 0 Å². The summed E-state index contributed by atoms with van der Waals surface area (Å²) < 4.78 is 5.36. The molecule has 0 saturated heterocycles. The number of ether oxygens (including phenoxy) is 1. The van der Waals surface area contributed by atoms with E-state index >= 15 is 0 Å². The second kappa shape index (κ2) is 7.17. The molecule has 1 N–H and O–H groups in total. The van der Waals surface area contributed by atoms with E-state index in [1.807, 2.05) is 26.2 Å².